The minimum Gasteiger partial charge on any atom is -0.384 e. The molecule has 2 heteroatoms. The molecule has 0 radical (unpaired) electrons. The quantitative estimate of drug-likeness (QED) is 0.852. The van der Waals surface area contributed by atoms with Crippen LogP contribution in [0.2, 0.25) is 0 Å². The summed E-state index contributed by atoms with van der Waals surface area (Å²) in [4.78, 5) is 1.66. The van der Waals surface area contributed by atoms with Gasteiger partial charge in [0, 0.05) is 12.3 Å². The molecule has 0 bridgehead atoms. The molecule has 0 spiro atoms. The van der Waals surface area contributed by atoms with Crippen molar-refractivity contribution in [2.75, 3.05) is 13.1 Å². The van der Waals surface area contributed by atoms with Crippen LogP contribution >= 0.6 is 0 Å². The van der Waals surface area contributed by atoms with E-state index in [1.807, 2.05) is 18.2 Å². The highest BCUT2D eigenvalue weighted by molar-refractivity contribution is 5.23. The Kier molecular flexibility index (Phi) is 4.64. The van der Waals surface area contributed by atoms with Crippen molar-refractivity contribution in [3.63, 3.8) is 0 Å². The lowest BCUT2D eigenvalue weighted by molar-refractivity contribution is -0.935. The fourth-order valence-electron chi connectivity index (χ4n) is 3.46. The highest BCUT2D eigenvalue weighted by Crippen LogP contribution is 2.35. The fourth-order valence-corrected chi connectivity index (χ4v) is 3.46. The second-order valence-corrected chi connectivity index (χ2v) is 6.26. The van der Waals surface area contributed by atoms with Gasteiger partial charge in [-0.15, -0.1) is 0 Å². The molecule has 106 valence electrons. The number of rotatable bonds is 4. The predicted octanol–water partition coefficient (Wildman–Crippen LogP) is 1.99. The summed E-state index contributed by atoms with van der Waals surface area (Å²) < 4.78 is 0. The molecular weight excluding hydrogens is 234 g/mol. The SMILES string of the molecule is CCCC[NH+]1C[C@H](C)[C@@](O)(c2ccccc2)C[C@@H]1C. The largest absolute Gasteiger partial charge is 0.384 e. The van der Waals surface area contributed by atoms with E-state index in [4.69, 9.17) is 0 Å². The fraction of sp³-hybridized carbons (Fsp3) is 0.647. The minimum absolute atomic E-state index is 0.318. The molecule has 1 aliphatic heterocycles. The third-order valence-electron chi connectivity index (χ3n) is 4.82. The molecular formula is C17H28NO+. The van der Waals surface area contributed by atoms with E-state index in [-0.39, 0.29) is 0 Å². The average molecular weight is 262 g/mol. The average Bonchev–Trinajstić information content (AvgIpc) is 2.42. The predicted molar refractivity (Wildman–Crippen MR) is 79.2 cm³/mol. The summed E-state index contributed by atoms with van der Waals surface area (Å²) in [6.07, 6.45) is 3.42. The summed E-state index contributed by atoms with van der Waals surface area (Å²) >= 11 is 0. The lowest BCUT2D eigenvalue weighted by Gasteiger charge is -2.45. The topological polar surface area (TPSA) is 24.7 Å². The number of aliphatic hydroxyl groups is 1. The highest BCUT2D eigenvalue weighted by atomic mass is 16.3. The van der Waals surface area contributed by atoms with E-state index < -0.39 is 5.60 Å². The van der Waals surface area contributed by atoms with Crippen LogP contribution in [0.5, 0.6) is 0 Å². The summed E-state index contributed by atoms with van der Waals surface area (Å²) in [5.41, 5.74) is 0.444. The third-order valence-corrected chi connectivity index (χ3v) is 4.82. The molecule has 19 heavy (non-hydrogen) atoms. The number of unbranched alkanes of at least 4 members (excludes halogenated alkanes) is 1. The maximum Gasteiger partial charge on any atom is 0.103 e. The van der Waals surface area contributed by atoms with E-state index in [0.29, 0.717) is 12.0 Å². The summed E-state index contributed by atoms with van der Waals surface area (Å²) in [5.74, 6) is 0.318. The zero-order valence-corrected chi connectivity index (χ0v) is 12.5. The Hall–Kier alpha value is -0.860. The lowest BCUT2D eigenvalue weighted by atomic mass is 9.74. The Morgan fingerprint density at radius 1 is 1.26 bits per heavy atom. The van der Waals surface area contributed by atoms with E-state index in [1.54, 1.807) is 4.90 Å². The highest BCUT2D eigenvalue weighted by Gasteiger charge is 2.45. The molecule has 0 aliphatic carbocycles. The Labute approximate surface area is 117 Å². The van der Waals surface area contributed by atoms with Crippen LogP contribution < -0.4 is 4.90 Å². The Balaban J connectivity index is 2.13. The van der Waals surface area contributed by atoms with E-state index >= 15 is 0 Å². The Bertz CT molecular complexity index is 392. The molecule has 2 nitrogen and oxygen atoms in total. The van der Waals surface area contributed by atoms with Crippen LogP contribution in [0.15, 0.2) is 30.3 Å². The van der Waals surface area contributed by atoms with Gasteiger partial charge in [-0.1, -0.05) is 50.6 Å². The van der Waals surface area contributed by atoms with E-state index in [2.05, 4.69) is 32.9 Å². The van der Waals surface area contributed by atoms with Gasteiger partial charge in [0.15, 0.2) is 0 Å². The van der Waals surface area contributed by atoms with Crippen molar-refractivity contribution in [1.82, 2.24) is 0 Å². The molecule has 1 aromatic carbocycles. The summed E-state index contributed by atoms with van der Waals surface area (Å²) in [7, 11) is 0. The monoisotopic (exact) mass is 262 g/mol. The maximum atomic E-state index is 11.1. The Morgan fingerprint density at radius 3 is 2.58 bits per heavy atom. The molecule has 1 unspecified atom stereocenters. The van der Waals surface area contributed by atoms with Crippen LogP contribution in [0.4, 0.5) is 0 Å². The van der Waals surface area contributed by atoms with Gasteiger partial charge in [-0.25, -0.2) is 0 Å². The molecule has 4 atom stereocenters. The van der Waals surface area contributed by atoms with Crippen molar-refractivity contribution in [3.05, 3.63) is 35.9 Å². The second-order valence-electron chi connectivity index (χ2n) is 6.26. The molecule has 1 aliphatic rings. The second kappa shape index (κ2) is 6.06. The van der Waals surface area contributed by atoms with Crippen LogP contribution in [0.25, 0.3) is 0 Å². The van der Waals surface area contributed by atoms with Crippen LogP contribution in [0.3, 0.4) is 0 Å². The molecule has 1 heterocycles. The number of piperidine rings is 1. The molecule has 1 aromatic rings. The van der Waals surface area contributed by atoms with Crippen molar-refractivity contribution < 1.29 is 10.0 Å². The minimum atomic E-state index is -0.642. The summed E-state index contributed by atoms with van der Waals surface area (Å²) in [6, 6.07) is 10.7. The zero-order valence-electron chi connectivity index (χ0n) is 12.5. The normalized spacial score (nSPS) is 35.3. The van der Waals surface area contributed by atoms with E-state index in [1.165, 1.54) is 19.4 Å². The van der Waals surface area contributed by atoms with Crippen molar-refractivity contribution in [1.29, 1.82) is 0 Å². The Morgan fingerprint density at radius 2 is 1.95 bits per heavy atom. The van der Waals surface area contributed by atoms with E-state index in [0.717, 1.165) is 18.5 Å². The lowest BCUT2D eigenvalue weighted by Crippen LogP contribution is -3.17. The summed E-state index contributed by atoms with van der Waals surface area (Å²) in [5, 5.41) is 11.1. The number of likely N-dealkylation sites (tertiary alicyclic amines) is 1. The van der Waals surface area contributed by atoms with Crippen LogP contribution in [-0.2, 0) is 5.60 Å². The third kappa shape index (κ3) is 3.01. The molecule has 0 amide bonds. The maximum absolute atomic E-state index is 11.1. The number of quaternary nitrogens is 1. The summed E-state index contributed by atoms with van der Waals surface area (Å²) in [6.45, 7) is 9.05. The number of benzene rings is 1. The number of nitrogens with one attached hydrogen (secondary N) is 1. The van der Waals surface area contributed by atoms with Crippen LogP contribution in [-0.4, -0.2) is 24.2 Å². The van der Waals surface area contributed by atoms with Gasteiger partial charge in [0.2, 0.25) is 0 Å². The molecule has 2 rings (SSSR count). The molecule has 0 aromatic heterocycles. The zero-order chi connectivity index (χ0) is 13.9. The first-order valence-corrected chi connectivity index (χ1v) is 7.70. The molecule has 0 saturated carbocycles. The van der Waals surface area contributed by atoms with Gasteiger partial charge in [0.25, 0.3) is 0 Å². The van der Waals surface area contributed by atoms with Gasteiger partial charge in [-0.3, -0.25) is 0 Å². The van der Waals surface area contributed by atoms with Gasteiger partial charge in [0.05, 0.1) is 19.1 Å². The van der Waals surface area contributed by atoms with Crippen LogP contribution in [0, 0.1) is 5.92 Å². The van der Waals surface area contributed by atoms with Crippen LogP contribution in [0.1, 0.15) is 45.6 Å². The van der Waals surface area contributed by atoms with Gasteiger partial charge in [-0.05, 0) is 18.9 Å². The first kappa shape index (κ1) is 14.5. The van der Waals surface area contributed by atoms with Crippen molar-refractivity contribution in [2.24, 2.45) is 5.92 Å². The number of hydrogen-bond acceptors (Lipinski definition) is 1. The van der Waals surface area contributed by atoms with E-state index in [9.17, 15) is 5.11 Å². The van der Waals surface area contributed by atoms with Gasteiger partial charge in [0.1, 0.15) is 5.60 Å². The first-order valence-electron chi connectivity index (χ1n) is 7.70. The smallest absolute Gasteiger partial charge is 0.103 e. The van der Waals surface area contributed by atoms with Crippen molar-refractivity contribution in [2.45, 2.75) is 51.7 Å². The first-order chi connectivity index (χ1) is 9.08. The van der Waals surface area contributed by atoms with Crippen molar-refractivity contribution >= 4 is 0 Å². The van der Waals surface area contributed by atoms with Gasteiger partial charge < -0.3 is 10.0 Å². The number of hydrogen-bond donors (Lipinski definition) is 2. The van der Waals surface area contributed by atoms with Crippen molar-refractivity contribution in [3.8, 4) is 0 Å². The standard InChI is InChI=1S/C17H27NO/c1-4-5-11-18-13-14(2)17(19,12-15(18)3)16-9-7-6-8-10-16/h6-10,14-15,19H,4-5,11-13H2,1-3H3/p+1/t14-,15-,17+/m0/s1. The molecule has 1 fully saturated rings. The van der Waals surface area contributed by atoms with Gasteiger partial charge in [-0.2, -0.15) is 0 Å². The molecule has 2 N–H and O–H groups in total. The van der Waals surface area contributed by atoms with Gasteiger partial charge >= 0.3 is 0 Å². The molecule has 1 saturated heterocycles.